The monoisotopic (exact) mass is 269 g/mol. The van der Waals surface area contributed by atoms with Crippen LogP contribution in [0.15, 0.2) is 29.2 Å². The van der Waals surface area contributed by atoms with E-state index >= 15 is 0 Å². The van der Waals surface area contributed by atoms with Gasteiger partial charge in [0.05, 0.1) is 4.90 Å². The number of hydrogen-bond donors (Lipinski definition) is 1. The molecule has 0 amide bonds. The Hall–Kier alpha value is -0.950. The molecule has 0 radical (unpaired) electrons. The van der Waals surface area contributed by atoms with Crippen LogP contribution in [0, 0.1) is 0 Å². The van der Waals surface area contributed by atoms with Crippen LogP contribution in [0.2, 0.25) is 0 Å². The minimum atomic E-state index is -3.40. The van der Waals surface area contributed by atoms with Crippen LogP contribution >= 0.6 is 0 Å². The van der Waals surface area contributed by atoms with Crippen LogP contribution in [0.1, 0.15) is 5.56 Å². The maximum atomic E-state index is 12.5. The summed E-state index contributed by atoms with van der Waals surface area (Å²) in [6.45, 7) is 2.85. The van der Waals surface area contributed by atoms with E-state index < -0.39 is 10.0 Å². The maximum Gasteiger partial charge on any atom is 0.243 e. The fraction of sp³-hybridized carbons (Fsp3) is 0.500. The first-order chi connectivity index (χ1) is 8.55. The highest BCUT2D eigenvalue weighted by molar-refractivity contribution is 7.89. The third kappa shape index (κ3) is 2.56. The van der Waals surface area contributed by atoms with Gasteiger partial charge >= 0.3 is 0 Å². The van der Waals surface area contributed by atoms with E-state index in [4.69, 9.17) is 5.73 Å². The Morgan fingerprint density at radius 2 is 1.78 bits per heavy atom. The molecule has 1 fully saturated rings. The molecule has 1 aromatic rings. The molecule has 0 unspecified atom stereocenters. The second-order valence-electron chi connectivity index (χ2n) is 4.52. The fourth-order valence-corrected chi connectivity index (χ4v) is 3.75. The van der Waals surface area contributed by atoms with Gasteiger partial charge < -0.3 is 10.6 Å². The zero-order valence-corrected chi connectivity index (χ0v) is 11.4. The van der Waals surface area contributed by atoms with Crippen LogP contribution in [0.3, 0.4) is 0 Å². The van der Waals surface area contributed by atoms with Crippen molar-refractivity contribution < 1.29 is 8.42 Å². The number of likely N-dealkylation sites (N-methyl/N-ethyl adjacent to an activating group) is 1. The highest BCUT2D eigenvalue weighted by Crippen LogP contribution is 2.20. The second-order valence-corrected chi connectivity index (χ2v) is 6.43. The van der Waals surface area contributed by atoms with E-state index in [0.717, 1.165) is 13.1 Å². The molecule has 0 aliphatic carbocycles. The molecular formula is C12H19N3O2S. The first-order valence-electron chi connectivity index (χ1n) is 6.02. The van der Waals surface area contributed by atoms with Gasteiger partial charge in [0.1, 0.15) is 0 Å². The lowest BCUT2D eigenvalue weighted by molar-refractivity contribution is 0.222. The summed E-state index contributed by atoms with van der Waals surface area (Å²) in [5.41, 5.74) is 6.28. The van der Waals surface area contributed by atoms with Gasteiger partial charge in [0.2, 0.25) is 10.0 Å². The molecule has 1 aromatic carbocycles. The molecule has 0 atom stereocenters. The SMILES string of the molecule is CN1CCN(S(=O)(=O)c2ccccc2CN)CC1. The number of nitrogens with two attached hydrogens (primary N) is 1. The van der Waals surface area contributed by atoms with Crippen molar-refractivity contribution in [2.75, 3.05) is 33.2 Å². The number of nitrogens with zero attached hydrogens (tertiary/aromatic N) is 2. The van der Waals surface area contributed by atoms with Crippen molar-refractivity contribution in [2.24, 2.45) is 5.73 Å². The Labute approximate surface area is 108 Å². The molecule has 1 heterocycles. The molecule has 1 aliphatic rings. The molecule has 1 aliphatic heterocycles. The van der Waals surface area contributed by atoms with Crippen molar-refractivity contribution in [2.45, 2.75) is 11.4 Å². The van der Waals surface area contributed by atoms with Crippen LogP contribution < -0.4 is 5.73 Å². The third-order valence-electron chi connectivity index (χ3n) is 3.27. The number of hydrogen-bond acceptors (Lipinski definition) is 4. The first kappa shape index (κ1) is 13.5. The van der Waals surface area contributed by atoms with Crippen molar-refractivity contribution in [3.8, 4) is 0 Å². The molecule has 18 heavy (non-hydrogen) atoms. The second kappa shape index (κ2) is 5.36. The highest BCUT2D eigenvalue weighted by atomic mass is 32.2. The van der Waals surface area contributed by atoms with E-state index in [0.29, 0.717) is 23.5 Å². The minimum absolute atomic E-state index is 0.239. The maximum absolute atomic E-state index is 12.5. The number of sulfonamides is 1. The van der Waals surface area contributed by atoms with Crippen LogP contribution in [-0.4, -0.2) is 50.8 Å². The van der Waals surface area contributed by atoms with Gasteiger partial charge in [-0.05, 0) is 18.7 Å². The minimum Gasteiger partial charge on any atom is -0.326 e. The van der Waals surface area contributed by atoms with Crippen molar-refractivity contribution in [1.29, 1.82) is 0 Å². The normalized spacial score (nSPS) is 19.0. The molecule has 0 bridgehead atoms. The van der Waals surface area contributed by atoms with Crippen LogP contribution in [0.4, 0.5) is 0 Å². The Morgan fingerprint density at radius 3 is 2.39 bits per heavy atom. The van der Waals surface area contributed by atoms with Crippen molar-refractivity contribution >= 4 is 10.0 Å². The summed E-state index contributed by atoms with van der Waals surface area (Å²) < 4.78 is 26.6. The molecule has 0 aromatic heterocycles. The van der Waals surface area contributed by atoms with E-state index in [1.165, 1.54) is 0 Å². The Bertz CT molecular complexity index is 508. The van der Waals surface area contributed by atoms with Gasteiger partial charge in [0, 0.05) is 32.7 Å². The van der Waals surface area contributed by atoms with Gasteiger partial charge in [-0.2, -0.15) is 4.31 Å². The molecular weight excluding hydrogens is 250 g/mol. The Balaban J connectivity index is 2.30. The summed E-state index contributed by atoms with van der Waals surface area (Å²) in [4.78, 5) is 2.47. The molecule has 2 rings (SSSR count). The number of piperazine rings is 1. The lowest BCUT2D eigenvalue weighted by Gasteiger charge is -2.31. The average molecular weight is 269 g/mol. The Kier molecular flexibility index (Phi) is 4.01. The van der Waals surface area contributed by atoms with E-state index in [-0.39, 0.29) is 6.54 Å². The third-order valence-corrected chi connectivity index (χ3v) is 5.27. The number of benzene rings is 1. The standard InChI is InChI=1S/C12H19N3O2S/c1-14-6-8-15(9-7-14)18(16,17)12-5-3-2-4-11(12)10-13/h2-5H,6-10,13H2,1H3. The summed E-state index contributed by atoms with van der Waals surface area (Å²) in [6.07, 6.45) is 0. The smallest absolute Gasteiger partial charge is 0.243 e. The van der Waals surface area contributed by atoms with Gasteiger partial charge in [-0.1, -0.05) is 18.2 Å². The van der Waals surface area contributed by atoms with Crippen LogP contribution in [0.25, 0.3) is 0 Å². The molecule has 6 heteroatoms. The van der Waals surface area contributed by atoms with E-state index in [1.54, 1.807) is 22.5 Å². The van der Waals surface area contributed by atoms with Crippen molar-refractivity contribution in [1.82, 2.24) is 9.21 Å². The topological polar surface area (TPSA) is 66.6 Å². The van der Waals surface area contributed by atoms with Crippen molar-refractivity contribution in [3.05, 3.63) is 29.8 Å². The van der Waals surface area contributed by atoms with Gasteiger partial charge in [-0.3, -0.25) is 0 Å². The van der Waals surface area contributed by atoms with E-state index in [2.05, 4.69) is 4.90 Å². The van der Waals surface area contributed by atoms with Crippen LogP contribution in [-0.2, 0) is 16.6 Å². The zero-order chi connectivity index (χ0) is 13.2. The Morgan fingerprint density at radius 1 is 1.17 bits per heavy atom. The summed E-state index contributed by atoms with van der Waals surface area (Å²) in [5, 5.41) is 0. The average Bonchev–Trinajstić information content (AvgIpc) is 2.39. The fourth-order valence-electron chi connectivity index (χ4n) is 2.09. The summed E-state index contributed by atoms with van der Waals surface area (Å²) in [6, 6.07) is 6.95. The van der Waals surface area contributed by atoms with Gasteiger partial charge in [-0.25, -0.2) is 8.42 Å². The quantitative estimate of drug-likeness (QED) is 0.844. The largest absolute Gasteiger partial charge is 0.326 e. The molecule has 5 nitrogen and oxygen atoms in total. The molecule has 2 N–H and O–H groups in total. The highest BCUT2D eigenvalue weighted by Gasteiger charge is 2.28. The van der Waals surface area contributed by atoms with E-state index in [9.17, 15) is 8.42 Å². The van der Waals surface area contributed by atoms with Gasteiger partial charge in [0.25, 0.3) is 0 Å². The summed E-state index contributed by atoms with van der Waals surface area (Å²) in [7, 11) is -1.40. The van der Waals surface area contributed by atoms with Gasteiger partial charge in [0.15, 0.2) is 0 Å². The van der Waals surface area contributed by atoms with Crippen molar-refractivity contribution in [3.63, 3.8) is 0 Å². The zero-order valence-electron chi connectivity index (χ0n) is 10.5. The number of rotatable bonds is 3. The predicted octanol–water partition coefficient (Wildman–Crippen LogP) is 0.0814. The molecule has 0 spiro atoms. The lowest BCUT2D eigenvalue weighted by Crippen LogP contribution is -2.47. The summed E-state index contributed by atoms with van der Waals surface area (Å²) in [5.74, 6) is 0. The predicted molar refractivity (Wildman–Crippen MR) is 70.6 cm³/mol. The molecule has 1 saturated heterocycles. The van der Waals surface area contributed by atoms with Gasteiger partial charge in [-0.15, -0.1) is 0 Å². The summed E-state index contributed by atoms with van der Waals surface area (Å²) >= 11 is 0. The lowest BCUT2D eigenvalue weighted by atomic mass is 10.2. The van der Waals surface area contributed by atoms with Crippen LogP contribution in [0.5, 0.6) is 0 Å². The molecule has 100 valence electrons. The molecule has 0 saturated carbocycles. The van der Waals surface area contributed by atoms with E-state index in [1.807, 2.05) is 13.1 Å². The first-order valence-corrected chi connectivity index (χ1v) is 7.46.